The van der Waals surface area contributed by atoms with Gasteiger partial charge in [-0.2, -0.15) is 11.3 Å². The minimum Gasteiger partial charge on any atom is -0.495 e. The first-order chi connectivity index (χ1) is 8.70. The van der Waals surface area contributed by atoms with E-state index in [1.807, 2.05) is 18.2 Å². The van der Waals surface area contributed by atoms with Crippen LogP contribution in [0.5, 0.6) is 5.75 Å². The van der Waals surface area contributed by atoms with E-state index in [2.05, 4.69) is 23.0 Å². The van der Waals surface area contributed by atoms with Crippen LogP contribution in [0.1, 0.15) is 16.7 Å². The zero-order valence-electron chi connectivity index (χ0n) is 10.5. The lowest BCUT2D eigenvalue weighted by molar-refractivity contribution is 0.415. The molecule has 4 heteroatoms. The lowest BCUT2D eigenvalue weighted by atomic mass is 10.2. The van der Waals surface area contributed by atoms with Crippen LogP contribution in [0.15, 0.2) is 29.0 Å². The normalized spacial score (nSPS) is 10.6. The molecule has 2 aromatic rings. The van der Waals surface area contributed by atoms with E-state index in [1.54, 1.807) is 18.4 Å². The second-order valence-electron chi connectivity index (χ2n) is 4.15. The molecule has 0 atom stereocenters. The lowest BCUT2D eigenvalue weighted by Crippen LogP contribution is -2.12. The summed E-state index contributed by atoms with van der Waals surface area (Å²) in [5.41, 5.74) is 3.87. The highest BCUT2D eigenvalue weighted by Crippen LogP contribution is 2.24. The summed E-state index contributed by atoms with van der Waals surface area (Å²) < 4.78 is 5.13. The van der Waals surface area contributed by atoms with Gasteiger partial charge >= 0.3 is 0 Å². The average molecular weight is 282 g/mol. The number of hydrogen-bond acceptors (Lipinski definition) is 3. The predicted octanol–water partition coefficient (Wildman–Crippen LogP) is 4.01. The molecule has 1 heterocycles. The molecule has 0 amide bonds. The summed E-state index contributed by atoms with van der Waals surface area (Å²) in [6, 6.07) is 5.86. The van der Waals surface area contributed by atoms with Gasteiger partial charge in [-0.3, -0.25) is 0 Å². The van der Waals surface area contributed by atoms with Crippen LogP contribution >= 0.6 is 22.9 Å². The first-order valence-electron chi connectivity index (χ1n) is 5.75. The van der Waals surface area contributed by atoms with Gasteiger partial charge in [-0.15, -0.1) is 0 Å². The van der Waals surface area contributed by atoms with E-state index >= 15 is 0 Å². The van der Waals surface area contributed by atoms with Gasteiger partial charge in [0.15, 0.2) is 0 Å². The molecule has 2 nitrogen and oxygen atoms in total. The molecule has 0 bridgehead atoms. The monoisotopic (exact) mass is 281 g/mol. The van der Waals surface area contributed by atoms with Gasteiger partial charge in [0.1, 0.15) is 5.75 Å². The summed E-state index contributed by atoms with van der Waals surface area (Å²) >= 11 is 7.82. The van der Waals surface area contributed by atoms with Crippen molar-refractivity contribution in [2.45, 2.75) is 20.0 Å². The third kappa shape index (κ3) is 3.25. The Kier molecular flexibility index (Phi) is 4.64. The number of ether oxygens (including phenoxy) is 1. The molecule has 1 N–H and O–H groups in total. The van der Waals surface area contributed by atoms with E-state index in [4.69, 9.17) is 16.3 Å². The van der Waals surface area contributed by atoms with E-state index in [0.29, 0.717) is 10.8 Å². The summed E-state index contributed by atoms with van der Waals surface area (Å²) in [5.74, 6) is 0.717. The van der Waals surface area contributed by atoms with Crippen molar-refractivity contribution >= 4 is 22.9 Å². The number of nitrogens with one attached hydrogen (secondary N) is 1. The Morgan fingerprint density at radius 1 is 1.28 bits per heavy atom. The molecule has 2 rings (SSSR count). The Morgan fingerprint density at radius 3 is 2.72 bits per heavy atom. The molecule has 0 saturated heterocycles. The molecule has 0 aliphatic rings. The van der Waals surface area contributed by atoms with E-state index in [-0.39, 0.29) is 0 Å². The van der Waals surface area contributed by atoms with Crippen LogP contribution in [0.25, 0.3) is 0 Å². The van der Waals surface area contributed by atoms with Gasteiger partial charge in [0, 0.05) is 13.1 Å². The quantitative estimate of drug-likeness (QED) is 0.894. The predicted molar refractivity (Wildman–Crippen MR) is 77.6 cm³/mol. The number of methoxy groups -OCH3 is 1. The second-order valence-corrected chi connectivity index (χ2v) is 5.30. The van der Waals surface area contributed by atoms with Crippen LogP contribution in [0.3, 0.4) is 0 Å². The second kappa shape index (κ2) is 6.23. The van der Waals surface area contributed by atoms with Gasteiger partial charge in [0.2, 0.25) is 0 Å². The molecule has 0 aliphatic heterocycles. The van der Waals surface area contributed by atoms with Gasteiger partial charge in [-0.1, -0.05) is 17.7 Å². The largest absolute Gasteiger partial charge is 0.495 e. The molecule has 1 aromatic carbocycles. The molecule has 0 saturated carbocycles. The van der Waals surface area contributed by atoms with Crippen LogP contribution < -0.4 is 10.1 Å². The van der Waals surface area contributed by atoms with Gasteiger partial charge in [0.05, 0.1) is 12.1 Å². The molecule has 18 heavy (non-hydrogen) atoms. The van der Waals surface area contributed by atoms with Crippen molar-refractivity contribution in [1.29, 1.82) is 0 Å². The molecule has 0 spiro atoms. The smallest absolute Gasteiger partial charge is 0.137 e. The zero-order valence-corrected chi connectivity index (χ0v) is 12.1. The third-order valence-electron chi connectivity index (χ3n) is 2.82. The fourth-order valence-corrected chi connectivity index (χ4v) is 2.87. The first kappa shape index (κ1) is 13.4. The zero-order chi connectivity index (χ0) is 13.0. The molecular formula is C14H16ClNOS. The van der Waals surface area contributed by atoms with Crippen molar-refractivity contribution in [2.75, 3.05) is 7.11 Å². The van der Waals surface area contributed by atoms with Crippen LogP contribution in [0.2, 0.25) is 5.02 Å². The Morgan fingerprint density at radius 2 is 2.11 bits per heavy atom. The molecule has 0 fully saturated rings. The van der Waals surface area contributed by atoms with Crippen LogP contribution in [-0.4, -0.2) is 7.11 Å². The third-order valence-corrected chi connectivity index (χ3v) is 4.03. The van der Waals surface area contributed by atoms with Crippen molar-refractivity contribution in [3.8, 4) is 5.75 Å². The van der Waals surface area contributed by atoms with E-state index < -0.39 is 0 Å². The number of halogens is 1. The van der Waals surface area contributed by atoms with Crippen molar-refractivity contribution in [1.82, 2.24) is 5.32 Å². The summed E-state index contributed by atoms with van der Waals surface area (Å²) in [7, 11) is 1.62. The summed E-state index contributed by atoms with van der Waals surface area (Å²) in [4.78, 5) is 0. The maximum Gasteiger partial charge on any atom is 0.137 e. The number of benzene rings is 1. The van der Waals surface area contributed by atoms with Gasteiger partial charge in [0.25, 0.3) is 0 Å². The fourth-order valence-electron chi connectivity index (χ4n) is 1.73. The van der Waals surface area contributed by atoms with Gasteiger partial charge < -0.3 is 10.1 Å². The van der Waals surface area contributed by atoms with Crippen molar-refractivity contribution < 1.29 is 4.74 Å². The number of hydrogen-bond donors (Lipinski definition) is 1. The van der Waals surface area contributed by atoms with Crippen LogP contribution in [0, 0.1) is 6.92 Å². The number of thiophene rings is 1. The Hall–Kier alpha value is -1.03. The van der Waals surface area contributed by atoms with Crippen molar-refractivity contribution in [3.63, 3.8) is 0 Å². The standard InChI is InChI=1S/C14H16ClNOS/c1-10-8-18-9-12(10)7-16-6-11-3-4-14(17-2)13(15)5-11/h3-5,8-9,16H,6-7H2,1-2H3. The first-order valence-corrected chi connectivity index (χ1v) is 7.07. The van der Waals surface area contributed by atoms with E-state index in [0.717, 1.165) is 18.7 Å². The SMILES string of the molecule is COc1ccc(CNCc2cscc2C)cc1Cl. The molecule has 0 aliphatic carbocycles. The summed E-state index contributed by atoms with van der Waals surface area (Å²) in [6.45, 7) is 3.83. The minimum atomic E-state index is 0.656. The van der Waals surface area contributed by atoms with Crippen LogP contribution in [0.4, 0.5) is 0 Å². The van der Waals surface area contributed by atoms with Gasteiger partial charge in [-0.25, -0.2) is 0 Å². The molecule has 96 valence electrons. The lowest BCUT2D eigenvalue weighted by Gasteiger charge is -2.07. The number of rotatable bonds is 5. The summed E-state index contributed by atoms with van der Waals surface area (Å²) in [6.07, 6.45) is 0. The van der Waals surface area contributed by atoms with Crippen molar-refractivity contribution in [2.24, 2.45) is 0 Å². The number of aryl methyl sites for hydroxylation is 1. The van der Waals surface area contributed by atoms with Crippen molar-refractivity contribution in [3.05, 3.63) is 50.7 Å². The van der Waals surface area contributed by atoms with Gasteiger partial charge in [-0.05, 0) is 46.5 Å². The highest BCUT2D eigenvalue weighted by molar-refractivity contribution is 7.08. The fraction of sp³-hybridized carbons (Fsp3) is 0.286. The molecular weight excluding hydrogens is 266 g/mol. The molecule has 0 unspecified atom stereocenters. The molecule has 0 radical (unpaired) electrons. The maximum atomic E-state index is 6.08. The Labute approximate surface area is 117 Å². The highest BCUT2D eigenvalue weighted by Gasteiger charge is 2.02. The topological polar surface area (TPSA) is 21.3 Å². The Balaban J connectivity index is 1.91. The van der Waals surface area contributed by atoms with Crippen LogP contribution in [-0.2, 0) is 13.1 Å². The maximum absolute atomic E-state index is 6.08. The minimum absolute atomic E-state index is 0.656. The average Bonchev–Trinajstić information content (AvgIpc) is 2.75. The highest BCUT2D eigenvalue weighted by atomic mass is 35.5. The molecule has 1 aromatic heterocycles. The summed E-state index contributed by atoms with van der Waals surface area (Å²) in [5, 5.41) is 8.42. The van der Waals surface area contributed by atoms with E-state index in [1.165, 1.54) is 11.1 Å². The van der Waals surface area contributed by atoms with E-state index in [9.17, 15) is 0 Å². The Bertz CT molecular complexity index is 524.